The van der Waals surface area contributed by atoms with Gasteiger partial charge in [-0.15, -0.1) is 0 Å². The molecular weight excluding hydrogens is 608 g/mol. The molecule has 256 valence electrons. The summed E-state index contributed by atoms with van der Waals surface area (Å²) in [6, 6.07) is 26.5. The number of hydrogen-bond acceptors (Lipinski definition) is 7. The number of carboxylic acids is 2. The fraction of sp³-hybridized carbons (Fsp3) is 0.474. The molecule has 3 aromatic carbocycles. The number of benzene rings is 3. The van der Waals surface area contributed by atoms with Crippen LogP contribution in [0.5, 0.6) is 0 Å². The quantitative estimate of drug-likeness (QED) is 0.0962. The van der Waals surface area contributed by atoms with Gasteiger partial charge in [0, 0.05) is 29.5 Å². The molecule has 2 aliphatic rings. The highest BCUT2D eigenvalue weighted by Crippen LogP contribution is 2.58. The number of nitrogens with two attached hydrogens (primary N) is 1. The van der Waals surface area contributed by atoms with Gasteiger partial charge in [0.05, 0.1) is 16.5 Å². The van der Waals surface area contributed by atoms with Gasteiger partial charge in [-0.1, -0.05) is 92.6 Å². The van der Waals surface area contributed by atoms with Crippen molar-refractivity contribution in [3.63, 3.8) is 0 Å². The smallest absolute Gasteiger partial charge is 0.313 e. The van der Waals surface area contributed by atoms with Crippen molar-refractivity contribution in [2.24, 2.45) is 16.6 Å². The average molecular weight is 657 g/mol. The SMILES string of the molecule is CCC1(C(=O)O)C(N)NC(C)C(CCCCCN2CCC(c3ccccc3)(c3ccccc3)CC2)(C(=O)O)C1c1cccc([N+](=O)[O-])c1. The van der Waals surface area contributed by atoms with Gasteiger partial charge >= 0.3 is 11.9 Å². The Hall–Kier alpha value is -4.12. The summed E-state index contributed by atoms with van der Waals surface area (Å²) in [6.45, 7) is 6.22. The summed E-state index contributed by atoms with van der Waals surface area (Å²) in [5.41, 5.74) is 5.98. The van der Waals surface area contributed by atoms with E-state index in [1.165, 1.54) is 29.3 Å². The van der Waals surface area contributed by atoms with Crippen LogP contribution < -0.4 is 11.1 Å². The number of nitro benzene ring substituents is 1. The van der Waals surface area contributed by atoms with E-state index in [0.29, 0.717) is 12.0 Å². The Balaban J connectivity index is 1.31. The number of piperidine rings is 2. The van der Waals surface area contributed by atoms with Crippen LogP contribution in [0, 0.1) is 20.9 Å². The molecule has 48 heavy (non-hydrogen) atoms. The van der Waals surface area contributed by atoms with Crippen molar-refractivity contribution >= 4 is 17.6 Å². The maximum atomic E-state index is 13.4. The molecule has 2 fully saturated rings. The zero-order chi connectivity index (χ0) is 34.5. The minimum Gasteiger partial charge on any atom is -0.481 e. The van der Waals surface area contributed by atoms with Crippen molar-refractivity contribution in [1.29, 1.82) is 0 Å². The Morgan fingerprint density at radius 3 is 2.00 bits per heavy atom. The lowest BCUT2D eigenvalue weighted by molar-refractivity contribution is -0.385. The number of likely N-dealkylation sites (tertiary alicyclic amines) is 1. The average Bonchev–Trinajstić information content (AvgIpc) is 3.09. The number of carboxylic acid groups (broad SMARTS) is 2. The van der Waals surface area contributed by atoms with Gasteiger partial charge in [-0.2, -0.15) is 0 Å². The standard InChI is InChI=1S/C38H48N4O6/c1-3-37(34(43)44)32(28-14-13-19-31(26-28)42(47)48)38(35(45)46,27(2)40-33(37)39)20-11-6-12-23-41-24-21-36(22-25-41,29-15-7-4-8-16-29)30-17-9-5-10-18-30/h4-5,7-10,13-19,26-27,32-33,40H,3,6,11-12,20-25,39H2,1-2H3,(H,43,44)(H,45,46). The Morgan fingerprint density at radius 1 is 0.896 bits per heavy atom. The van der Waals surface area contributed by atoms with Crippen LogP contribution in [0.3, 0.4) is 0 Å². The number of nitrogens with one attached hydrogen (secondary N) is 1. The molecule has 0 saturated carbocycles. The maximum Gasteiger partial charge on any atom is 0.313 e. The predicted molar refractivity (Wildman–Crippen MR) is 185 cm³/mol. The normalized spacial score (nSPS) is 27.3. The second-order valence-electron chi connectivity index (χ2n) is 13.7. The topological polar surface area (TPSA) is 159 Å². The summed E-state index contributed by atoms with van der Waals surface area (Å²) in [4.78, 5) is 40.1. The van der Waals surface area contributed by atoms with Crippen LogP contribution in [0.2, 0.25) is 0 Å². The lowest BCUT2D eigenvalue weighted by Gasteiger charge is -2.57. The van der Waals surface area contributed by atoms with E-state index >= 15 is 0 Å². The number of rotatable bonds is 13. The third-order valence-electron chi connectivity index (χ3n) is 11.5. The lowest BCUT2D eigenvalue weighted by Crippen LogP contribution is -2.72. The third-order valence-corrected chi connectivity index (χ3v) is 11.5. The van der Waals surface area contributed by atoms with E-state index in [1.54, 1.807) is 19.9 Å². The van der Waals surface area contributed by atoms with Crippen LogP contribution in [0.25, 0.3) is 0 Å². The minimum absolute atomic E-state index is 0.0324. The highest BCUT2D eigenvalue weighted by atomic mass is 16.6. The van der Waals surface area contributed by atoms with Gasteiger partial charge in [0.2, 0.25) is 0 Å². The van der Waals surface area contributed by atoms with Crippen LogP contribution >= 0.6 is 0 Å². The molecule has 5 unspecified atom stereocenters. The van der Waals surface area contributed by atoms with Crippen molar-refractivity contribution in [3.8, 4) is 0 Å². The Labute approximate surface area is 282 Å². The van der Waals surface area contributed by atoms with Crippen molar-refractivity contribution in [1.82, 2.24) is 10.2 Å². The summed E-state index contributed by atoms with van der Waals surface area (Å²) in [6.07, 6.45) is 3.41. The van der Waals surface area contributed by atoms with Crippen molar-refractivity contribution in [2.45, 2.75) is 82.3 Å². The zero-order valence-electron chi connectivity index (χ0n) is 27.9. The Morgan fingerprint density at radius 2 is 1.48 bits per heavy atom. The molecule has 5 rings (SSSR count). The summed E-state index contributed by atoms with van der Waals surface area (Å²) >= 11 is 0. The molecule has 10 heteroatoms. The number of non-ortho nitro benzene ring substituents is 1. The monoisotopic (exact) mass is 656 g/mol. The van der Waals surface area contributed by atoms with Gasteiger partial charge in [0.1, 0.15) is 5.41 Å². The van der Waals surface area contributed by atoms with Gasteiger partial charge in [-0.3, -0.25) is 25.0 Å². The first-order valence-corrected chi connectivity index (χ1v) is 17.1. The van der Waals surface area contributed by atoms with Gasteiger partial charge in [-0.25, -0.2) is 0 Å². The molecular formula is C38H48N4O6. The Bertz CT molecular complexity index is 1540. The molecule has 0 aliphatic carbocycles. The lowest BCUT2D eigenvalue weighted by atomic mass is 9.50. The van der Waals surface area contributed by atoms with E-state index in [-0.39, 0.29) is 23.9 Å². The first-order valence-electron chi connectivity index (χ1n) is 17.1. The largest absolute Gasteiger partial charge is 0.481 e. The maximum absolute atomic E-state index is 13.4. The van der Waals surface area contributed by atoms with E-state index in [2.05, 4.69) is 70.9 Å². The second kappa shape index (κ2) is 14.6. The van der Waals surface area contributed by atoms with Gasteiger partial charge < -0.3 is 20.8 Å². The van der Waals surface area contributed by atoms with E-state index in [0.717, 1.165) is 45.3 Å². The highest BCUT2D eigenvalue weighted by molar-refractivity contribution is 5.84. The second-order valence-corrected chi connectivity index (χ2v) is 13.7. The summed E-state index contributed by atoms with van der Waals surface area (Å²) in [5, 5.41) is 36.4. The fourth-order valence-electron chi connectivity index (χ4n) is 8.82. The first kappa shape index (κ1) is 35.2. The molecule has 2 aliphatic heterocycles. The molecule has 2 heterocycles. The minimum atomic E-state index is -1.70. The Kier molecular flexibility index (Phi) is 10.7. The summed E-state index contributed by atoms with van der Waals surface area (Å²) in [7, 11) is 0. The number of nitro groups is 1. The molecule has 5 atom stereocenters. The molecule has 0 amide bonds. The van der Waals surface area contributed by atoms with Crippen molar-refractivity contribution in [3.05, 3.63) is 112 Å². The van der Waals surface area contributed by atoms with Crippen LogP contribution in [0.4, 0.5) is 5.69 Å². The van der Waals surface area contributed by atoms with Gasteiger partial charge in [0.15, 0.2) is 0 Å². The predicted octanol–water partition coefficient (Wildman–Crippen LogP) is 6.15. The van der Waals surface area contributed by atoms with Crippen LogP contribution in [0.1, 0.15) is 81.4 Å². The number of aliphatic carboxylic acids is 2. The van der Waals surface area contributed by atoms with Crippen molar-refractivity contribution < 1.29 is 24.7 Å². The molecule has 2 saturated heterocycles. The van der Waals surface area contributed by atoms with E-state index in [1.807, 2.05) is 0 Å². The summed E-state index contributed by atoms with van der Waals surface area (Å²) < 4.78 is 0. The molecule has 0 spiro atoms. The van der Waals surface area contributed by atoms with E-state index < -0.39 is 45.8 Å². The number of nitrogens with zero attached hydrogens (tertiary/aromatic N) is 2. The molecule has 5 N–H and O–H groups in total. The fourth-order valence-corrected chi connectivity index (χ4v) is 8.82. The number of carbonyl (C=O) groups is 2. The molecule has 0 bridgehead atoms. The molecule has 10 nitrogen and oxygen atoms in total. The van der Waals surface area contributed by atoms with Gasteiger partial charge in [0.25, 0.3) is 5.69 Å². The van der Waals surface area contributed by atoms with Crippen LogP contribution in [-0.4, -0.2) is 63.8 Å². The van der Waals surface area contributed by atoms with Gasteiger partial charge in [-0.05, 0) is 75.4 Å². The number of unbranched alkanes of at least 4 members (excludes halogenated alkanes) is 2. The van der Waals surface area contributed by atoms with Crippen LogP contribution in [-0.2, 0) is 15.0 Å². The molecule has 0 radical (unpaired) electrons. The molecule has 0 aromatic heterocycles. The number of hydrogen-bond donors (Lipinski definition) is 4. The van der Waals surface area contributed by atoms with Crippen LogP contribution in [0.15, 0.2) is 84.9 Å². The first-order chi connectivity index (χ1) is 23.0. The third kappa shape index (κ3) is 6.24. The zero-order valence-corrected chi connectivity index (χ0v) is 27.9. The molecule has 3 aromatic rings. The van der Waals surface area contributed by atoms with E-state index in [4.69, 9.17) is 5.73 Å². The van der Waals surface area contributed by atoms with E-state index in [9.17, 15) is 29.9 Å². The summed E-state index contributed by atoms with van der Waals surface area (Å²) in [5.74, 6) is -3.44. The van der Waals surface area contributed by atoms with Crippen molar-refractivity contribution in [2.75, 3.05) is 19.6 Å². The highest BCUT2D eigenvalue weighted by Gasteiger charge is 2.66.